The van der Waals surface area contributed by atoms with Crippen LogP contribution in [0.4, 0.5) is 0 Å². The monoisotopic (exact) mass is 369 g/mol. The quantitative estimate of drug-likeness (QED) is 0.135. The molecular weight excluding hydrogens is 320 g/mol. The highest BCUT2D eigenvalue weighted by Crippen LogP contribution is 2.15. The Morgan fingerprint density at radius 1 is 0.400 bits per heavy atom. The van der Waals surface area contributed by atoms with Crippen molar-refractivity contribution < 1.29 is 4.80 Å². The molecule has 0 N–H and O–H groups in total. The lowest BCUT2D eigenvalue weighted by Crippen LogP contribution is -1.85. The predicted molar refractivity (Wildman–Crippen MR) is 117 cm³/mol. The van der Waals surface area contributed by atoms with Gasteiger partial charge in [-0.1, -0.05) is 142 Å². The zero-order valence-corrected chi connectivity index (χ0v) is 19.1. The molecule has 2 heteroatoms. The molecule has 0 atom stereocenters. The molecule has 0 amide bonds. The summed E-state index contributed by atoms with van der Waals surface area (Å²) in [5, 5.41) is 0. The highest BCUT2D eigenvalue weighted by atomic mass is 28.2. The van der Waals surface area contributed by atoms with Gasteiger partial charge in [-0.05, 0) is 6.04 Å². The van der Waals surface area contributed by atoms with Crippen molar-refractivity contribution >= 4 is 9.76 Å². The highest BCUT2D eigenvalue weighted by Gasteiger charge is 1.95. The van der Waals surface area contributed by atoms with Gasteiger partial charge in [0.25, 0.3) is 0 Å². The van der Waals surface area contributed by atoms with Crippen LogP contribution in [0.2, 0.25) is 6.04 Å². The van der Waals surface area contributed by atoms with E-state index >= 15 is 0 Å². The molecule has 0 spiro atoms. The highest BCUT2D eigenvalue weighted by molar-refractivity contribution is 6.24. The van der Waals surface area contributed by atoms with E-state index in [-0.39, 0.29) is 0 Å². The first-order valence-corrected chi connectivity index (χ1v) is 13.6. The average Bonchev–Trinajstić information content (AvgIpc) is 2.63. The van der Waals surface area contributed by atoms with Crippen LogP contribution >= 0.6 is 0 Å². The molecular formula is C23H49OSi. The second kappa shape index (κ2) is 24.2. The fourth-order valence-electron chi connectivity index (χ4n) is 3.71. The number of hydrogen-bond donors (Lipinski definition) is 0. The molecule has 0 aliphatic heterocycles. The van der Waals surface area contributed by atoms with E-state index in [0.29, 0.717) is 0 Å². The summed E-state index contributed by atoms with van der Waals surface area (Å²) in [4.78, 5) is 10.5. The fraction of sp³-hybridized carbons (Fsp3) is 1.00. The Kier molecular flexibility index (Phi) is 24.3. The van der Waals surface area contributed by atoms with Gasteiger partial charge in [0.15, 0.2) is 0 Å². The van der Waals surface area contributed by atoms with Gasteiger partial charge in [0.2, 0.25) is 9.76 Å². The molecule has 0 unspecified atom stereocenters. The molecule has 0 bridgehead atoms. The Morgan fingerprint density at radius 3 is 0.880 bits per heavy atom. The summed E-state index contributed by atoms with van der Waals surface area (Å²) >= 11 is 0. The Morgan fingerprint density at radius 2 is 0.640 bits per heavy atom. The van der Waals surface area contributed by atoms with Crippen LogP contribution in [0.15, 0.2) is 0 Å². The summed E-state index contributed by atoms with van der Waals surface area (Å²) in [5.74, 6) is 0. The molecule has 0 aromatic rings. The molecule has 0 aromatic heterocycles. The van der Waals surface area contributed by atoms with Crippen LogP contribution in [0, 0.1) is 0 Å². The van der Waals surface area contributed by atoms with E-state index in [1.165, 1.54) is 135 Å². The second-order valence-electron chi connectivity index (χ2n) is 8.13. The summed E-state index contributed by atoms with van der Waals surface area (Å²) in [6.45, 7) is 2.30. The van der Waals surface area contributed by atoms with Crippen molar-refractivity contribution in [1.29, 1.82) is 0 Å². The van der Waals surface area contributed by atoms with Crippen molar-refractivity contribution in [3.8, 4) is 0 Å². The molecule has 0 fully saturated rings. The van der Waals surface area contributed by atoms with Gasteiger partial charge in [0.05, 0.1) is 0 Å². The van der Waals surface area contributed by atoms with Crippen LogP contribution in [-0.4, -0.2) is 9.76 Å². The van der Waals surface area contributed by atoms with Crippen molar-refractivity contribution in [2.24, 2.45) is 0 Å². The minimum atomic E-state index is -0.906. The summed E-state index contributed by atoms with van der Waals surface area (Å²) in [6.07, 6.45) is 30.1. The SMILES string of the molecule is CCCCCCCCCCCCCCCCCCCCCCC[SiH2][O]. The molecule has 0 saturated heterocycles. The van der Waals surface area contributed by atoms with E-state index in [9.17, 15) is 4.80 Å². The summed E-state index contributed by atoms with van der Waals surface area (Å²) in [5.41, 5.74) is 0. The van der Waals surface area contributed by atoms with Crippen molar-refractivity contribution in [1.82, 2.24) is 0 Å². The normalized spacial score (nSPS) is 11.8. The Balaban J connectivity index is 2.94. The van der Waals surface area contributed by atoms with Gasteiger partial charge in [0.1, 0.15) is 0 Å². The molecule has 1 nitrogen and oxygen atoms in total. The van der Waals surface area contributed by atoms with E-state index in [1.807, 2.05) is 0 Å². The van der Waals surface area contributed by atoms with E-state index in [1.54, 1.807) is 0 Å². The number of rotatable bonds is 22. The molecule has 0 aromatic carbocycles. The molecule has 1 radical (unpaired) electrons. The fourth-order valence-corrected chi connectivity index (χ4v) is 4.27. The lowest BCUT2D eigenvalue weighted by atomic mass is 10.0. The first kappa shape index (κ1) is 25.2. The van der Waals surface area contributed by atoms with Gasteiger partial charge in [-0.15, -0.1) is 0 Å². The molecule has 0 saturated carbocycles. The van der Waals surface area contributed by atoms with Crippen molar-refractivity contribution in [3.63, 3.8) is 0 Å². The summed E-state index contributed by atoms with van der Waals surface area (Å²) < 4.78 is 0. The molecule has 0 heterocycles. The van der Waals surface area contributed by atoms with Crippen molar-refractivity contribution in [2.45, 2.75) is 148 Å². The van der Waals surface area contributed by atoms with Gasteiger partial charge >= 0.3 is 0 Å². The van der Waals surface area contributed by atoms with E-state index in [4.69, 9.17) is 0 Å². The lowest BCUT2D eigenvalue weighted by Gasteiger charge is -2.04. The zero-order chi connectivity index (χ0) is 18.3. The van der Waals surface area contributed by atoms with Crippen LogP contribution in [-0.2, 0) is 4.80 Å². The summed E-state index contributed by atoms with van der Waals surface area (Å²) in [7, 11) is -0.906. The largest absolute Gasteiger partial charge is 0.306 e. The third-order valence-electron chi connectivity index (χ3n) is 5.50. The van der Waals surface area contributed by atoms with Gasteiger partial charge < -0.3 is 4.80 Å². The molecule has 0 aliphatic carbocycles. The third-order valence-corrected chi connectivity index (χ3v) is 6.29. The van der Waals surface area contributed by atoms with E-state index in [2.05, 4.69) is 6.92 Å². The van der Waals surface area contributed by atoms with E-state index in [0.717, 1.165) is 6.04 Å². The predicted octanol–water partition coefficient (Wildman–Crippen LogP) is 8.13. The van der Waals surface area contributed by atoms with Crippen LogP contribution in [0.25, 0.3) is 0 Å². The molecule has 25 heavy (non-hydrogen) atoms. The van der Waals surface area contributed by atoms with Crippen molar-refractivity contribution in [3.05, 3.63) is 0 Å². The molecule has 151 valence electrons. The van der Waals surface area contributed by atoms with E-state index < -0.39 is 9.76 Å². The average molecular weight is 370 g/mol. The second-order valence-corrected chi connectivity index (χ2v) is 9.24. The topological polar surface area (TPSA) is 19.9 Å². The van der Waals surface area contributed by atoms with Crippen LogP contribution < -0.4 is 0 Å². The first-order chi connectivity index (χ1) is 12.4. The Labute approximate surface area is 162 Å². The minimum absolute atomic E-state index is 0.906. The Hall–Kier alpha value is 0.177. The third kappa shape index (κ3) is 24.2. The zero-order valence-electron chi connectivity index (χ0n) is 17.7. The van der Waals surface area contributed by atoms with Gasteiger partial charge in [-0.2, -0.15) is 0 Å². The van der Waals surface area contributed by atoms with Gasteiger partial charge in [0, 0.05) is 0 Å². The maximum absolute atomic E-state index is 10.5. The van der Waals surface area contributed by atoms with Crippen LogP contribution in [0.1, 0.15) is 142 Å². The smallest absolute Gasteiger partial charge is 0.207 e. The number of hydrogen-bond acceptors (Lipinski definition) is 0. The van der Waals surface area contributed by atoms with Crippen LogP contribution in [0.3, 0.4) is 0 Å². The number of unbranched alkanes of at least 4 members (excludes halogenated alkanes) is 20. The standard InChI is InChI=1S/C23H49OSi/c1-2-3-4-5-6-7-8-9-10-11-12-13-14-15-16-17-18-19-20-21-22-23-25-24/h2-23,25H2,1H3. The lowest BCUT2D eigenvalue weighted by molar-refractivity contribution is 0.468. The maximum atomic E-state index is 10.5. The first-order valence-electron chi connectivity index (χ1n) is 12.0. The maximum Gasteiger partial charge on any atom is 0.207 e. The molecule has 0 aliphatic rings. The summed E-state index contributed by atoms with van der Waals surface area (Å²) in [6, 6.07) is 1.03. The van der Waals surface area contributed by atoms with Gasteiger partial charge in [-0.3, -0.25) is 0 Å². The van der Waals surface area contributed by atoms with Crippen LogP contribution in [0.5, 0.6) is 0 Å². The van der Waals surface area contributed by atoms with Gasteiger partial charge in [-0.25, -0.2) is 0 Å². The Bertz CT molecular complexity index is 198. The minimum Gasteiger partial charge on any atom is -0.306 e. The molecule has 0 rings (SSSR count). The van der Waals surface area contributed by atoms with Crippen molar-refractivity contribution in [2.75, 3.05) is 0 Å².